The quantitative estimate of drug-likeness (QED) is 0.747. The number of aromatic nitrogens is 2. The second-order valence-electron chi connectivity index (χ2n) is 4.64. The molecule has 0 bridgehead atoms. The van der Waals surface area contributed by atoms with Crippen LogP contribution in [0.5, 0.6) is 0 Å². The molecule has 4 heteroatoms. The van der Waals surface area contributed by atoms with Crippen LogP contribution in [0.1, 0.15) is 37.1 Å². The van der Waals surface area contributed by atoms with Crippen molar-refractivity contribution in [3.63, 3.8) is 0 Å². The van der Waals surface area contributed by atoms with Crippen LogP contribution in [-0.2, 0) is 0 Å². The van der Waals surface area contributed by atoms with Gasteiger partial charge in [0.1, 0.15) is 17.5 Å². The lowest BCUT2D eigenvalue weighted by Crippen LogP contribution is -2.09. The van der Waals surface area contributed by atoms with E-state index in [2.05, 4.69) is 15.3 Å². The molecule has 1 fully saturated rings. The van der Waals surface area contributed by atoms with E-state index in [0.29, 0.717) is 5.82 Å². The van der Waals surface area contributed by atoms with Gasteiger partial charge in [0, 0.05) is 12.1 Å². The average Bonchev–Trinajstić information content (AvgIpc) is 3.03. The number of hydrogen-bond acceptors (Lipinski definition) is 4. The average molecular weight is 220 g/mol. The number of rotatable bonds is 5. The summed E-state index contributed by atoms with van der Waals surface area (Å²) < 4.78 is 0. The van der Waals surface area contributed by atoms with Gasteiger partial charge in [0.05, 0.1) is 0 Å². The van der Waals surface area contributed by atoms with E-state index in [4.69, 9.17) is 5.73 Å². The first kappa shape index (κ1) is 11.2. The third-order valence-corrected chi connectivity index (χ3v) is 3.07. The molecule has 0 aromatic carbocycles. The predicted molar refractivity (Wildman–Crippen MR) is 66.4 cm³/mol. The topological polar surface area (TPSA) is 63.8 Å². The Kier molecular flexibility index (Phi) is 3.27. The number of aryl methyl sites for hydroxylation is 1. The van der Waals surface area contributed by atoms with Crippen LogP contribution in [0, 0.1) is 19.8 Å². The van der Waals surface area contributed by atoms with Crippen LogP contribution >= 0.6 is 0 Å². The second kappa shape index (κ2) is 4.68. The van der Waals surface area contributed by atoms with Gasteiger partial charge >= 0.3 is 0 Å². The van der Waals surface area contributed by atoms with E-state index >= 15 is 0 Å². The van der Waals surface area contributed by atoms with Gasteiger partial charge in [-0.25, -0.2) is 9.97 Å². The molecule has 4 nitrogen and oxygen atoms in total. The van der Waals surface area contributed by atoms with Crippen molar-refractivity contribution in [1.82, 2.24) is 9.97 Å². The van der Waals surface area contributed by atoms with E-state index in [9.17, 15) is 0 Å². The van der Waals surface area contributed by atoms with Gasteiger partial charge in [-0.3, -0.25) is 0 Å². The molecule has 0 atom stereocenters. The third-order valence-electron chi connectivity index (χ3n) is 3.07. The molecule has 88 valence electrons. The lowest BCUT2D eigenvalue weighted by Gasteiger charge is -2.10. The summed E-state index contributed by atoms with van der Waals surface area (Å²) in [4.78, 5) is 8.49. The summed E-state index contributed by atoms with van der Waals surface area (Å²) in [6.45, 7) is 4.80. The van der Waals surface area contributed by atoms with Gasteiger partial charge in [0.2, 0.25) is 0 Å². The molecule has 1 aromatic heterocycles. The summed E-state index contributed by atoms with van der Waals surface area (Å²) in [5, 5.41) is 3.35. The minimum absolute atomic E-state index is 0.581. The van der Waals surface area contributed by atoms with Crippen LogP contribution < -0.4 is 11.1 Å². The Balaban J connectivity index is 1.86. The van der Waals surface area contributed by atoms with Gasteiger partial charge in [-0.05, 0) is 32.6 Å². The van der Waals surface area contributed by atoms with Crippen molar-refractivity contribution < 1.29 is 0 Å². The molecular formula is C12H20N4. The number of anilines is 2. The lowest BCUT2D eigenvalue weighted by atomic mass is 10.2. The van der Waals surface area contributed by atoms with Crippen molar-refractivity contribution in [2.75, 3.05) is 17.6 Å². The Bertz CT molecular complexity index is 372. The molecule has 1 heterocycles. The van der Waals surface area contributed by atoms with Crippen LogP contribution in [0.4, 0.5) is 11.6 Å². The zero-order valence-corrected chi connectivity index (χ0v) is 10.1. The molecule has 16 heavy (non-hydrogen) atoms. The smallest absolute Gasteiger partial charge is 0.134 e. The Morgan fingerprint density at radius 2 is 2.06 bits per heavy atom. The van der Waals surface area contributed by atoms with Gasteiger partial charge in [0.25, 0.3) is 0 Å². The highest BCUT2D eigenvalue weighted by Crippen LogP contribution is 2.33. The van der Waals surface area contributed by atoms with Crippen molar-refractivity contribution >= 4 is 11.6 Å². The molecule has 2 rings (SSSR count). The number of nitrogens with zero attached hydrogens (tertiary/aromatic N) is 2. The molecule has 1 aliphatic carbocycles. The first-order valence-electron chi connectivity index (χ1n) is 6.01. The normalized spacial score (nSPS) is 15.1. The molecule has 0 amide bonds. The van der Waals surface area contributed by atoms with Crippen molar-refractivity contribution in [3.8, 4) is 0 Å². The minimum Gasteiger partial charge on any atom is -0.383 e. The van der Waals surface area contributed by atoms with E-state index in [1.807, 2.05) is 13.8 Å². The summed E-state index contributed by atoms with van der Waals surface area (Å²) in [6.07, 6.45) is 5.41. The van der Waals surface area contributed by atoms with Crippen molar-refractivity contribution in [2.24, 2.45) is 5.92 Å². The number of nitrogen functional groups attached to an aromatic ring is 1. The van der Waals surface area contributed by atoms with E-state index in [-0.39, 0.29) is 0 Å². The van der Waals surface area contributed by atoms with Crippen LogP contribution in [0.25, 0.3) is 0 Å². The maximum absolute atomic E-state index is 5.79. The summed E-state index contributed by atoms with van der Waals surface area (Å²) in [7, 11) is 0. The van der Waals surface area contributed by atoms with Gasteiger partial charge in [-0.1, -0.05) is 12.8 Å². The Labute approximate surface area is 96.7 Å². The van der Waals surface area contributed by atoms with Gasteiger partial charge in [0.15, 0.2) is 0 Å². The van der Waals surface area contributed by atoms with Crippen molar-refractivity contribution in [2.45, 2.75) is 39.5 Å². The monoisotopic (exact) mass is 220 g/mol. The first-order chi connectivity index (χ1) is 7.66. The van der Waals surface area contributed by atoms with E-state index in [1.165, 1.54) is 25.7 Å². The molecule has 0 spiro atoms. The summed E-state index contributed by atoms with van der Waals surface area (Å²) >= 11 is 0. The summed E-state index contributed by atoms with van der Waals surface area (Å²) in [6, 6.07) is 0. The fourth-order valence-corrected chi connectivity index (χ4v) is 1.83. The van der Waals surface area contributed by atoms with E-state index in [0.717, 1.165) is 29.7 Å². The molecule has 1 aromatic rings. The highest BCUT2D eigenvalue weighted by Gasteiger charge is 2.20. The van der Waals surface area contributed by atoms with Crippen LogP contribution in [0.2, 0.25) is 0 Å². The third kappa shape index (κ3) is 2.84. The molecular weight excluding hydrogens is 200 g/mol. The largest absolute Gasteiger partial charge is 0.383 e. The summed E-state index contributed by atoms with van der Waals surface area (Å²) in [5.74, 6) is 3.20. The molecule has 1 aliphatic rings. The van der Waals surface area contributed by atoms with E-state index < -0.39 is 0 Å². The van der Waals surface area contributed by atoms with Gasteiger partial charge in [-0.2, -0.15) is 0 Å². The summed E-state index contributed by atoms with van der Waals surface area (Å²) in [5.41, 5.74) is 6.75. The fraction of sp³-hybridized carbons (Fsp3) is 0.667. The van der Waals surface area contributed by atoms with Crippen molar-refractivity contribution in [3.05, 3.63) is 11.4 Å². The molecule has 0 radical (unpaired) electrons. The molecule has 0 aliphatic heterocycles. The first-order valence-corrected chi connectivity index (χ1v) is 6.01. The molecule has 1 saturated carbocycles. The Morgan fingerprint density at radius 1 is 1.31 bits per heavy atom. The minimum atomic E-state index is 0.581. The van der Waals surface area contributed by atoms with Crippen LogP contribution in [0.15, 0.2) is 0 Å². The van der Waals surface area contributed by atoms with E-state index in [1.54, 1.807) is 0 Å². The molecule has 3 N–H and O–H groups in total. The van der Waals surface area contributed by atoms with Crippen molar-refractivity contribution in [1.29, 1.82) is 0 Å². The highest BCUT2D eigenvalue weighted by molar-refractivity contribution is 5.54. The van der Waals surface area contributed by atoms with Gasteiger partial charge in [-0.15, -0.1) is 0 Å². The standard InChI is InChI=1S/C12H20N4/c1-8-11(13)15-9(2)16-12(8)14-7-3-4-10-5-6-10/h10H,3-7H2,1-2H3,(H3,13,14,15,16). The Hall–Kier alpha value is -1.32. The molecule has 0 saturated heterocycles. The SMILES string of the molecule is Cc1nc(N)c(C)c(NCCCC2CC2)n1. The van der Waals surface area contributed by atoms with Crippen LogP contribution in [0.3, 0.4) is 0 Å². The van der Waals surface area contributed by atoms with Gasteiger partial charge < -0.3 is 11.1 Å². The zero-order valence-electron chi connectivity index (χ0n) is 10.1. The highest BCUT2D eigenvalue weighted by atomic mass is 15.0. The zero-order chi connectivity index (χ0) is 11.5. The van der Waals surface area contributed by atoms with Crippen LogP contribution in [-0.4, -0.2) is 16.5 Å². The number of nitrogens with one attached hydrogen (secondary N) is 1. The maximum Gasteiger partial charge on any atom is 0.134 e. The second-order valence-corrected chi connectivity index (χ2v) is 4.64. The fourth-order valence-electron chi connectivity index (χ4n) is 1.83. The molecule has 0 unspecified atom stereocenters. The Morgan fingerprint density at radius 3 is 2.75 bits per heavy atom. The maximum atomic E-state index is 5.79. The lowest BCUT2D eigenvalue weighted by molar-refractivity contribution is 0.686. The number of nitrogens with two attached hydrogens (primary N) is 1. The predicted octanol–water partition coefficient (Wildman–Crippen LogP) is 2.28. The number of hydrogen-bond donors (Lipinski definition) is 2.